The van der Waals surface area contributed by atoms with Crippen LogP contribution in [-0.2, 0) is 11.3 Å². The van der Waals surface area contributed by atoms with Crippen LogP contribution in [0.15, 0.2) is 42.9 Å². The summed E-state index contributed by atoms with van der Waals surface area (Å²) in [6.07, 6.45) is 4.22. The second-order valence-corrected chi connectivity index (χ2v) is 4.40. The number of rotatable bonds is 6. The van der Waals surface area contributed by atoms with Gasteiger partial charge in [0.2, 0.25) is 5.91 Å². The van der Waals surface area contributed by atoms with E-state index in [1.165, 1.54) is 18.6 Å². The van der Waals surface area contributed by atoms with Gasteiger partial charge >= 0.3 is 0 Å². The van der Waals surface area contributed by atoms with Gasteiger partial charge in [-0.3, -0.25) is 14.6 Å². The number of aromatic nitrogens is 2. The van der Waals surface area contributed by atoms with Crippen molar-refractivity contribution in [3.63, 3.8) is 0 Å². The predicted octanol–water partition coefficient (Wildman–Crippen LogP) is 0.531. The topological polar surface area (TPSA) is 93.2 Å². The van der Waals surface area contributed by atoms with Crippen LogP contribution in [-0.4, -0.2) is 35.4 Å². The van der Waals surface area contributed by atoms with Gasteiger partial charge in [-0.15, -0.1) is 0 Å². The molecule has 2 amide bonds. The van der Waals surface area contributed by atoms with E-state index in [2.05, 4.69) is 20.6 Å². The van der Waals surface area contributed by atoms with Gasteiger partial charge in [0.05, 0.1) is 19.9 Å². The number of ether oxygens (including phenoxy) is 1. The fourth-order valence-electron chi connectivity index (χ4n) is 1.67. The molecule has 0 saturated carbocycles. The van der Waals surface area contributed by atoms with E-state index < -0.39 is 5.91 Å². The molecule has 0 aliphatic carbocycles. The van der Waals surface area contributed by atoms with Crippen molar-refractivity contribution in [2.45, 2.75) is 6.54 Å². The zero-order valence-electron chi connectivity index (χ0n) is 12.1. The van der Waals surface area contributed by atoms with E-state index in [9.17, 15) is 9.59 Å². The third kappa shape index (κ3) is 4.55. The van der Waals surface area contributed by atoms with Crippen molar-refractivity contribution in [3.8, 4) is 5.75 Å². The highest BCUT2D eigenvalue weighted by atomic mass is 16.5. The molecule has 0 spiro atoms. The number of nitrogens with zero attached hydrogens (tertiary/aromatic N) is 2. The maximum absolute atomic E-state index is 11.7. The van der Waals surface area contributed by atoms with Crippen LogP contribution in [0.4, 0.5) is 0 Å². The molecule has 0 bridgehead atoms. The van der Waals surface area contributed by atoms with Crippen LogP contribution >= 0.6 is 0 Å². The monoisotopic (exact) mass is 300 g/mol. The van der Waals surface area contributed by atoms with Crippen molar-refractivity contribution in [2.75, 3.05) is 13.7 Å². The summed E-state index contributed by atoms with van der Waals surface area (Å²) in [6, 6.07) is 7.35. The Balaban J connectivity index is 1.74. The van der Waals surface area contributed by atoms with E-state index in [4.69, 9.17) is 4.74 Å². The average molecular weight is 300 g/mol. The van der Waals surface area contributed by atoms with E-state index in [-0.39, 0.29) is 18.1 Å². The fourth-order valence-corrected chi connectivity index (χ4v) is 1.67. The van der Waals surface area contributed by atoms with Crippen molar-refractivity contribution in [2.24, 2.45) is 0 Å². The fraction of sp³-hybridized carbons (Fsp3) is 0.200. The molecule has 114 valence electrons. The summed E-state index contributed by atoms with van der Waals surface area (Å²) >= 11 is 0. The largest absolute Gasteiger partial charge is 0.497 e. The number of carbonyl (C=O) groups excluding carboxylic acids is 2. The molecule has 0 aliphatic rings. The Morgan fingerprint density at radius 3 is 2.55 bits per heavy atom. The molecular formula is C15H16N4O3. The second kappa shape index (κ2) is 7.72. The summed E-state index contributed by atoms with van der Waals surface area (Å²) in [5.74, 6) is 0.0343. The summed E-state index contributed by atoms with van der Waals surface area (Å²) in [5.41, 5.74) is 1.11. The third-order valence-corrected chi connectivity index (χ3v) is 2.85. The zero-order chi connectivity index (χ0) is 15.8. The lowest BCUT2D eigenvalue weighted by atomic mass is 10.2. The van der Waals surface area contributed by atoms with E-state index in [0.717, 1.165) is 11.3 Å². The molecule has 0 atom stereocenters. The molecule has 1 heterocycles. The van der Waals surface area contributed by atoms with Crippen LogP contribution < -0.4 is 15.4 Å². The van der Waals surface area contributed by atoms with Crippen LogP contribution in [0, 0.1) is 0 Å². The first-order chi connectivity index (χ1) is 10.7. The van der Waals surface area contributed by atoms with Gasteiger partial charge in [-0.25, -0.2) is 4.98 Å². The predicted molar refractivity (Wildman–Crippen MR) is 79.2 cm³/mol. The number of methoxy groups -OCH3 is 1. The lowest BCUT2D eigenvalue weighted by Crippen LogP contribution is -2.36. The molecule has 0 radical (unpaired) electrons. The van der Waals surface area contributed by atoms with E-state index in [1.54, 1.807) is 7.11 Å². The van der Waals surface area contributed by atoms with Gasteiger partial charge in [0.15, 0.2) is 0 Å². The number of hydrogen-bond donors (Lipinski definition) is 2. The van der Waals surface area contributed by atoms with Gasteiger partial charge in [0, 0.05) is 18.9 Å². The third-order valence-electron chi connectivity index (χ3n) is 2.85. The minimum absolute atomic E-state index is 0.119. The Hall–Kier alpha value is -2.96. The highest BCUT2D eigenvalue weighted by molar-refractivity contribution is 5.94. The molecule has 1 aromatic heterocycles. The highest BCUT2D eigenvalue weighted by Crippen LogP contribution is 2.10. The quantitative estimate of drug-likeness (QED) is 0.812. The van der Waals surface area contributed by atoms with Crippen molar-refractivity contribution in [1.82, 2.24) is 20.6 Å². The van der Waals surface area contributed by atoms with Gasteiger partial charge in [0.25, 0.3) is 5.91 Å². The first-order valence-electron chi connectivity index (χ1n) is 6.63. The van der Waals surface area contributed by atoms with Crippen molar-refractivity contribution in [1.29, 1.82) is 0 Å². The maximum atomic E-state index is 11.7. The van der Waals surface area contributed by atoms with Crippen molar-refractivity contribution < 1.29 is 14.3 Å². The molecule has 2 aromatic rings. The zero-order valence-corrected chi connectivity index (χ0v) is 12.1. The highest BCUT2D eigenvalue weighted by Gasteiger charge is 2.08. The van der Waals surface area contributed by atoms with Crippen LogP contribution in [0.25, 0.3) is 0 Å². The van der Waals surface area contributed by atoms with Crippen LogP contribution in [0.1, 0.15) is 16.1 Å². The smallest absolute Gasteiger partial charge is 0.271 e. The summed E-state index contributed by atoms with van der Waals surface area (Å²) in [4.78, 5) is 31.0. The minimum atomic E-state index is -0.437. The SMILES string of the molecule is COc1ccc(CNC(=O)CNC(=O)c2cnccn2)cc1. The molecule has 0 aliphatic heterocycles. The Kier molecular flexibility index (Phi) is 5.42. The number of carbonyl (C=O) groups is 2. The Bertz CT molecular complexity index is 629. The summed E-state index contributed by atoms with van der Waals surface area (Å²) in [6.45, 7) is 0.259. The van der Waals surface area contributed by atoms with Crippen LogP contribution in [0.2, 0.25) is 0 Å². The molecule has 7 nitrogen and oxygen atoms in total. The van der Waals surface area contributed by atoms with Gasteiger partial charge in [-0.1, -0.05) is 12.1 Å². The molecule has 2 rings (SSSR count). The molecule has 22 heavy (non-hydrogen) atoms. The number of benzene rings is 1. The molecular weight excluding hydrogens is 284 g/mol. The number of nitrogens with one attached hydrogen (secondary N) is 2. The summed E-state index contributed by atoms with van der Waals surface area (Å²) in [5, 5.41) is 5.19. The number of hydrogen-bond acceptors (Lipinski definition) is 5. The van der Waals surface area contributed by atoms with Gasteiger partial charge < -0.3 is 15.4 Å². The van der Waals surface area contributed by atoms with Gasteiger partial charge in [-0.2, -0.15) is 0 Å². The van der Waals surface area contributed by atoms with Crippen LogP contribution in [0.3, 0.4) is 0 Å². The summed E-state index contributed by atoms with van der Waals surface area (Å²) in [7, 11) is 1.59. The maximum Gasteiger partial charge on any atom is 0.271 e. The van der Waals surface area contributed by atoms with E-state index >= 15 is 0 Å². The lowest BCUT2D eigenvalue weighted by Gasteiger charge is -2.07. The minimum Gasteiger partial charge on any atom is -0.497 e. The Morgan fingerprint density at radius 1 is 1.14 bits per heavy atom. The van der Waals surface area contributed by atoms with Gasteiger partial charge in [0.1, 0.15) is 11.4 Å². The number of amides is 2. The normalized spacial score (nSPS) is 9.86. The van der Waals surface area contributed by atoms with E-state index in [1.807, 2.05) is 24.3 Å². The standard InChI is InChI=1S/C15H16N4O3/c1-22-12-4-2-11(3-5-12)8-18-14(20)10-19-15(21)13-9-16-6-7-17-13/h2-7,9H,8,10H2,1H3,(H,18,20)(H,19,21). The summed E-state index contributed by atoms with van der Waals surface area (Å²) < 4.78 is 5.06. The first-order valence-corrected chi connectivity index (χ1v) is 6.63. The molecule has 0 saturated heterocycles. The Morgan fingerprint density at radius 2 is 1.91 bits per heavy atom. The molecule has 0 fully saturated rings. The first kappa shape index (κ1) is 15.4. The van der Waals surface area contributed by atoms with Gasteiger partial charge in [-0.05, 0) is 17.7 Å². The molecule has 7 heteroatoms. The molecule has 1 aromatic carbocycles. The van der Waals surface area contributed by atoms with Crippen molar-refractivity contribution in [3.05, 3.63) is 54.1 Å². The second-order valence-electron chi connectivity index (χ2n) is 4.40. The molecule has 2 N–H and O–H groups in total. The van der Waals surface area contributed by atoms with E-state index in [0.29, 0.717) is 6.54 Å². The van der Waals surface area contributed by atoms with Crippen molar-refractivity contribution >= 4 is 11.8 Å². The Labute approximate surface area is 127 Å². The van der Waals surface area contributed by atoms with Crippen LogP contribution in [0.5, 0.6) is 5.75 Å². The molecule has 0 unspecified atom stereocenters. The lowest BCUT2D eigenvalue weighted by molar-refractivity contribution is -0.120. The average Bonchev–Trinajstić information content (AvgIpc) is 2.59.